The van der Waals surface area contributed by atoms with Gasteiger partial charge in [0.25, 0.3) is 0 Å². The fourth-order valence-electron chi connectivity index (χ4n) is 1.54. The second-order valence-electron chi connectivity index (χ2n) is 3.50. The molecule has 1 aliphatic rings. The average molecular weight is 200 g/mol. The molecule has 1 atom stereocenters. The van der Waals surface area contributed by atoms with Gasteiger partial charge in [-0.05, 0) is 6.92 Å². The van der Waals surface area contributed by atoms with E-state index in [1.165, 1.54) is 0 Å². The summed E-state index contributed by atoms with van der Waals surface area (Å²) in [5, 5.41) is 5.30. The van der Waals surface area contributed by atoms with E-state index in [0.717, 1.165) is 19.6 Å². The number of carbonyl (C=O) groups excluding carboxylic acids is 2. The van der Waals surface area contributed by atoms with Gasteiger partial charge in [-0.25, -0.2) is 4.79 Å². The molecule has 0 aromatic heterocycles. The summed E-state index contributed by atoms with van der Waals surface area (Å²) in [5.74, 6) is -0.341. The fraction of sp³-hybridized carbons (Fsp3) is 0.750. The third kappa shape index (κ3) is 3.71. The summed E-state index contributed by atoms with van der Waals surface area (Å²) < 4.78 is 0. The van der Waals surface area contributed by atoms with Crippen molar-refractivity contribution in [2.75, 3.05) is 26.2 Å². The molecule has 14 heavy (non-hydrogen) atoms. The highest BCUT2D eigenvalue weighted by Crippen LogP contribution is 1.97. The van der Waals surface area contributed by atoms with E-state index in [1.54, 1.807) is 0 Å². The number of primary amides is 1. The Balaban J connectivity index is 2.28. The van der Waals surface area contributed by atoms with Crippen molar-refractivity contribution in [3.8, 4) is 0 Å². The zero-order chi connectivity index (χ0) is 10.6. The van der Waals surface area contributed by atoms with Crippen molar-refractivity contribution in [3.63, 3.8) is 0 Å². The number of imide groups is 1. The first-order chi connectivity index (χ1) is 6.58. The maximum Gasteiger partial charge on any atom is 0.318 e. The van der Waals surface area contributed by atoms with E-state index < -0.39 is 6.03 Å². The van der Waals surface area contributed by atoms with Crippen LogP contribution in [0.25, 0.3) is 0 Å². The van der Waals surface area contributed by atoms with E-state index in [-0.39, 0.29) is 12.5 Å². The van der Waals surface area contributed by atoms with E-state index in [9.17, 15) is 9.59 Å². The summed E-state index contributed by atoms with van der Waals surface area (Å²) in [6.45, 7) is 4.78. The molecule has 0 bridgehead atoms. The number of nitrogens with zero attached hydrogens (tertiary/aromatic N) is 1. The van der Waals surface area contributed by atoms with Crippen LogP contribution in [0.4, 0.5) is 4.79 Å². The molecule has 0 aliphatic carbocycles. The summed E-state index contributed by atoms with van der Waals surface area (Å²) in [7, 11) is 0. The number of nitrogens with two attached hydrogens (primary N) is 1. The molecule has 1 heterocycles. The van der Waals surface area contributed by atoms with E-state index in [2.05, 4.69) is 12.2 Å². The molecule has 4 N–H and O–H groups in total. The second-order valence-corrected chi connectivity index (χ2v) is 3.50. The van der Waals surface area contributed by atoms with E-state index in [4.69, 9.17) is 5.73 Å². The largest absolute Gasteiger partial charge is 0.351 e. The van der Waals surface area contributed by atoms with Crippen LogP contribution >= 0.6 is 0 Å². The number of hydrogen-bond acceptors (Lipinski definition) is 4. The first-order valence-corrected chi connectivity index (χ1v) is 4.63. The molecule has 6 heteroatoms. The molecular weight excluding hydrogens is 184 g/mol. The van der Waals surface area contributed by atoms with Gasteiger partial charge in [-0.1, -0.05) is 0 Å². The SMILES string of the molecule is C[C@H]1CN(CC(=O)NC(N)=O)CCN1. The smallest absolute Gasteiger partial charge is 0.318 e. The highest BCUT2D eigenvalue weighted by atomic mass is 16.2. The van der Waals surface area contributed by atoms with Gasteiger partial charge in [-0.3, -0.25) is 15.0 Å². The Morgan fingerprint density at radius 2 is 2.36 bits per heavy atom. The predicted octanol–water partition coefficient (Wildman–Crippen LogP) is -1.52. The molecule has 0 aromatic carbocycles. The van der Waals surface area contributed by atoms with Gasteiger partial charge in [0.2, 0.25) is 5.91 Å². The molecule has 0 unspecified atom stereocenters. The topological polar surface area (TPSA) is 87.5 Å². The van der Waals surface area contributed by atoms with Crippen molar-refractivity contribution in [3.05, 3.63) is 0 Å². The van der Waals surface area contributed by atoms with Gasteiger partial charge in [0.15, 0.2) is 0 Å². The number of amides is 3. The standard InChI is InChI=1S/C8H16N4O2/c1-6-4-12(3-2-10-6)5-7(13)11-8(9)14/h6,10H,2-5H2,1H3,(H3,9,11,13,14)/t6-/m0/s1. The highest BCUT2D eigenvalue weighted by molar-refractivity contribution is 5.94. The Morgan fingerprint density at radius 1 is 1.64 bits per heavy atom. The maximum absolute atomic E-state index is 11.2. The molecule has 6 nitrogen and oxygen atoms in total. The minimum Gasteiger partial charge on any atom is -0.351 e. The lowest BCUT2D eigenvalue weighted by atomic mass is 10.2. The van der Waals surface area contributed by atoms with Crippen LogP contribution in [0, 0.1) is 0 Å². The number of urea groups is 1. The van der Waals surface area contributed by atoms with Crippen molar-refractivity contribution in [2.45, 2.75) is 13.0 Å². The van der Waals surface area contributed by atoms with Crippen LogP contribution in [0.15, 0.2) is 0 Å². The quantitative estimate of drug-likeness (QED) is 0.505. The molecule has 0 radical (unpaired) electrons. The Morgan fingerprint density at radius 3 is 2.93 bits per heavy atom. The summed E-state index contributed by atoms with van der Waals surface area (Å²) in [6, 6.07) is -0.414. The number of carbonyl (C=O) groups is 2. The maximum atomic E-state index is 11.2. The van der Waals surface area contributed by atoms with Crippen molar-refractivity contribution < 1.29 is 9.59 Å². The first-order valence-electron chi connectivity index (χ1n) is 4.63. The Labute approximate surface area is 82.8 Å². The zero-order valence-electron chi connectivity index (χ0n) is 8.25. The zero-order valence-corrected chi connectivity index (χ0v) is 8.25. The molecule has 80 valence electrons. The monoisotopic (exact) mass is 200 g/mol. The van der Waals surface area contributed by atoms with Crippen LogP contribution in [0.3, 0.4) is 0 Å². The summed E-state index contributed by atoms with van der Waals surface area (Å²) >= 11 is 0. The number of hydrogen-bond donors (Lipinski definition) is 3. The van der Waals surface area contributed by atoms with Gasteiger partial charge in [0, 0.05) is 25.7 Å². The van der Waals surface area contributed by atoms with Gasteiger partial charge in [0.05, 0.1) is 6.54 Å². The minimum absolute atomic E-state index is 0.231. The van der Waals surface area contributed by atoms with Crippen molar-refractivity contribution in [2.24, 2.45) is 5.73 Å². The third-order valence-corrected chi connectivity index (χ3v) is 2.08. The van der Waals surface area contributed by atoms with Crippen LogP contribution in [0.5, 0.6) is 0 Å². The van der Waals surface area contributed by atoms with E-state index in [0.29, 0.717) is 6.04 Å². The van der Waals surface area contributed by atoms with Crippen LogP contribution in [-0.4, -0.2) is 49.1 Å². The van der Waals surface area contributed by atoms with Gasteiger partial charge < -0.3 is 11.1 Å². The molecule has 1 rings (SSSR count). The molecule has 1 aliphatic heterocycles. The third-order valence-electron chi connectivity index (χ3n) is 2.08. The normalized spacial score (nSPS) is 23.1. The molecular formula is C8H16N4O2. The first kappa shape index (κ1) is 10.9. The number of piperazine rings is 1. The molecule has 3 amide bonds. The Bertz CT molecular complexity index is 231. The number of rotatable bonds is 2. The van der Waals surface area contributed by atoms with Gasteiger partial charge in [-0.2, -0.15) is 0 Å². The highest BCUT2D eigenvalue weighted by Gasteiger charge is 2.18. The van der Waals surface area contributed by atoms with Crippen molar-refractivity contribution in [1.29, 1.82) is 0 Å². The lowest BCUT2D eigenvalue weighted by Crippen LogP contribution is -2.52. The lowest BCUT2D eigenvalue weighted by molar-refractivity contribution is -0.121. The fourth-order valence-corrected chi connectivity index (χ4v) is 1.54. The summed E-state index contributed by atoms with van der Waals surface area (Å²) in [6.07, 6.45) is 0. The molecule has 0 aromatic rings. The van der Waals surface area contributed by atoms with Crippen molar-refractivity contribution in [1.82, 2.24) is 15.5 Å². The molecule has 0 spiro atoms. The summed E-state index contributed by atoms with van der Waals surface area (Å²) in [5.41, 5.74) is 4.82. The van der Waals surface area contributed by atoms with E-state index in [1.807, 2.05) is 10.2 Å². The predicted molar refractivity (Wildman–Crippen MR) is 51.6 cm³/mol. The van der Waals surface area contributed by atoms with Gasteiger partial charge in [0.1, 0.15) is 0 Å². The van der Waals surface area contributed by atoms with Crippen LogP contribution in [0.1, 0.15) is 6.92 Å². The number of nitrogens with one attached hydrogen (secondary N) is 2. The van der Waals surface area contributed by atoms with Gasteiger partial charge in [-0.15, -0.1) is 0 Å². The van der Waals surface area contributed by atoms with Gasteiger partial charge >= 0.3 is 6.03 Å². The van der Waals surface area contributed by atoms with E-state index >= 15 is 0 Å². The Hall–Kier alpha value is -1.14. The Kier molecular flexibility index (Phi) is 3.84. The summed E-state index contributed by atoms with van der Waals surface area (Å²) in [4.78, 5) is 23.5. The minimum atomic E-state index is -0.793. The molecule has 1 saturated heterocycles. The van der Waals surface area contributed by atoms with Crippen molar-refractivity contribution >= 4 is 11.9 Å². The van der Waals surface area contributed by atoms with Crippen LogP contribution in [0.2, 0.25) is 0 Å². The molecule has 1 fully saturated rings. The average Bonchev–Trinajstić information content (AvgIpc) is 2.01. The second kappa shape index (κ2) is 4.92. The van der Waals surface area contributed by atoms with Crippen LogP contribution in [-0.2, 0) is 4.79 Å². The molecule has 0 saturated carbocycles. The van der Waals surface area contributed by atoms with Crippen LogP contribution < -0.4 is 16.4 Å². The lowest BCUT2D eigenvalue weighted by Gasteiger charge is -2.30.